The zero-order valence-corrected chi connectivity index (χ0v) is 11.8. The third-order valence-corrected chi connectivity index (χ3v) is 4.33. The van der Waals surface area contributed by atoms with E-state index >= 15 is 0 Å². The van der Waals surface area contributed by atoms with E-state index in [4.69, 9.17) is 4.74 Å². The van der Waals surface area contributed by atoms with Crippen molar-refractivity contribution in [3.8, 4) is 5.88 Å². The van der Waals surface area contributed by atoms with Gasteiger partial charge < -0.3 is 10.1 Å². The molecule has 1 aromatic rings. The number of nitrogens with one attached hydrogen (secondary N) is 1. The van der Waals surface area contributed by atoms with Crippen LogP contribution < -0.4 is 10.1 Å². The fourth-order valence-corrected chi connectivity index (χ4v) is 2.81. The van der Waals surface area contributed by atoms with E-state index in [2.05, 4.69) is 10.3 Å². The van der Waals surface area contributed by atoms with E-state index in [0.29, 0.717) is 18.5 Å². The average molecular weight is 274 g/mol. The summed E-state index contributed by atoms with van der Waals surface area (Å²) in [5.74, 6) is 1.12. The lowest BCUT2D eigenvalue weighted by atomic mass is 9.85. The summed E-state index contributed by atoms with van der Waals surface area (Å²) in [6, 6.07) is 3.88. The summed E-state index contributed by atoms with van der Waals surface area (Å²) in [6.45, 7) is 0.568. The Morgan fingerprint density at radius 2 is 2.05 bits per heavy atom. The lowest BCUT2D eigenvalue weighted by Gasteiger charge is -2.24. The molecule has 0 bridgehead atoms. The van der Waals surface area contributed by atoms with Crippen molar-refractivity contribution in [2.45, 2.75) is 57.6 Å². The summed E-state index contributed by atoms with van der Waals surface area (Å²) >= 11 is 0. The van der Waals surface area contributed by atoms with Crippen LogP contribution in [0.2, 0.25) is 0 Å². The topological polar surface area (TPSA) is 51.2 Å². The smallest absolute Gasteiger partial charge is 0.223 e. The molecular formula is C16H22N2O2. The molecule has 1 aromatic heterocycles. The number of nitrogens with zero attached hydrogens (tertiary/aromatic N) is 1. The van der Waals surface area contributed by atoms with Gasteiger partial charge in [-0.1, -0.05) is 6.42 Å². The van der Waals surface area contributed by atoms with Crippen molar-refractivity contribution in [2.75, 3.05) is 0 Å². The number of hydrogen-bond donors (Lipinski definition) is 1. The fourth-order valence-electron chi connectivity index (χ4n) is 2.81. The van der Waals surface area contributed by atoms with E-state index in [1.165, 1.54) is 19.3 Å². The van der Waals surface area contributed by atoms with E-state index in [1.54, 1.807) is 6.20 Å². The average Bonchev–Trinajstić information content (AvgIpc) is 2.88. The quantitative estimate of drug-likeness (QED) is 0.898. The molecule has 0 aromatic carbocycles. The van der Waals surface area contributed by atoms with Crippen LogP contribution in [0.3, 0.4) is 0 Å². The minimum Gasteiger partial charge on any atom is -0.474 e. The molecule has 20 heavy (non-hydrogen) atoms. The van der Waals surface area contributed by atoms with Crippen LogP contribution in [0.25, 0.3) is 0 Å². The second-order valence-corrected chi connectivity index (χ2v) is 5.87. The van der Waals surface area contributed by atoms with Gasteiger partial charge in [0.25, 0.3) is 0 Å². The summed E-state index contributed by atoms with van der Waals surface area (Å²) in [4.78, 5) is 16.1. The van der Waals surface area contributed by atoms with Crippen LogP contribution in [0.5, 0.6) is 5.88 Å². The van der Waals surface area contributed by atoms with E-state index in [1.807, 2.05) is 12.1 Å². The summed E-state index contributed by atoms with van der Waals surface area (Å²) in [5.41, 5.74) is 1.06. The normalized spacial score (nSPS) is 19.6. The summed E-state index contributed by atoms with van der Waals surface area (Å²) in [7, 11) is 0. The maximum absolute atomic E-state index is 11.8. The first kappa shape index (κ1) is 13.4. The van der Waals surface area contributed by atoms with Crippen molar-refractivity contribution >= 4 is 5.91 Å². The van der Waals surface area contributed by atoms with Gasteiger partial charge in [-0.3, -0.25) is 4.79 Å². The van der Waals surface area contributed by atoms with E-state index < -0.39 is 0 Å². The van der Waals surface area contributed by atoms with Gasteiger partial charge in [-0.25, -0.2) is 4.98 Å². The first-order chi connectivity index (χ1) is 9.81. The van der Waals surface area contributed by atoms with Crippen molar-refractivity contribution in [3.63, 3.8) is 0 Å². The SMILES string of the molecule is O=C(NCc1ccnc(OC2CCCC2)c1)C1CCC1. The molecule has 2 aliphatic rings. The standard InChI is InChI=1S/C16H22N2O2/c19-16(13-4-3-5-13)18-11-12-8-9-17-15(10-12)20-14-6-1-2-7-14/h8-10,13-14H,1-7,11H2,(H,18,19). The van der Waals surface area contributed by atoms with Crippen molar-refractivity contribution in [3.05, 3.63) is 23.9 Å². The molecule has 4 heteroatoms. The molecule has 0 unspecified atom stereocenters. The number of aromatic nitrogens is 1. The molecule has 2 aliphatic carbocycles. The number of hydrogen-bond acceptors (Lipinski definition) is 3. The van der Waals surface area contributed by atoms with Crippen molar-refractivity contribution < 1.29 is 9.53 Å². The monoisotopic (exact) mass is 274 g/mol. The predicted molar refractivity (Wildman–Crippen MR) is 76.3 cm³/mol. The van der Waals surface area contributed by atoms with E-state index in [9.17, 15) is 4.79 Å². The second kappa shape index (κ2) is 6.25. The lowest BCUT2D eigenvalue weighted by molar-refractivity contribution is -0.127. The van der Waals surface area contributed by atoms with Crippen LogP contribution in [0.4, 0.5) is 0 Å². The van der Waals surface area contributed by atoms with Crippen molar-refractivity contribution in [1.82, 2.24) is 10.3 Å². The molecule has 0 aliphatic heterocycles. The summed E-state index contributed by atoms with van der Waals surface area (Å²) in [6.07, 6.45) is 10.1. The van der Waals surface area contributed by atoms with Gasteiger partial charge in [-0.2, -0.15) is 0 Å². The van der Waals surface area contributed by atoms with Crippen LogP contribution in [0.15, 0.2) is 18.3 Å². The van der Waals surface area contributed by atoms with Gasteiger partial charge in [0.05, 0.1) is 0 Å². The molecule has 4 nitrogen and oxygen atoms in total. The Hall–Kier alpha value is -1.58. The number of ether oxygens (including phenoxy) is 1. The summed E-state index contributed by atoms with van der Waals surface area (Å²) in [5, 5.41) is 3.00. The maximum atomic E-state index is 11.8. The van der Waals surface area contributed by atoms with Crippen LogP contribution in [-0.4, -0.2) is 17.0 Å². The molecule has 0 radical (unpaired) electrons. The third-order valence-electron chi connectivity index (χ3n) is 4.33. The minimum absolute atomic E-state index is 0.186. The number of carbonyl (C=O) groups is 1. The molecule has 108 valence electrons. The number of pyridine rings is 1. The molecule has 2 saturated carbocycles. The first-order valence-corrected chi connectivity index (χ1v) is 7.70. The van der Waals surface area contributed by atoms with Crippen LogP contribution >= 0.6 is 0 Å². The zero-order chi connectivity index (χ0) is 13.8. The Balaban J connectivity index is 1.52. The maximum Gasteiger partial charge on any atom is 0.223 e. The van der Waals surface area contributed by atoms with Gasteiger partial charge in [0.1, 0.15) is 6.10 Å². The fraction of sp³-hybridized carbons (Fsp3) is 0.625. The minimum atomic E-state index is 0.186. The Bertz CT molecular complexity index is 465. The van der Waals surface area contributed by atoms with E-state index in [-0.39, 0.29) is 11.8 Å². The molecular weight excluding hydrogens is 252 g/mol. The molecule has 1 heterocycles. The molecule has 0 spiro atoms. The van der Waals surface area contributed by atoms with Crippen LogP contribution in [-0.2, 0) is 11.3 Å². The molecule has 1 amide bonds. The Morgan fingerprint density at radius 3 is 2.75 bits per heavy atom. The summed E-state index contributed by atoms with van der Waals surface area (Å²) < 4.78 is 5.88. The van der Waals surface area contributed by atoms with Crippen LogP contribution in [0, 0.1) is 5.92 Å². The Kier molecular flexibility index (Phi) is 4.19. The first-order valence-electron chi connectivity index (χ1n) is 7.70. The number of rotatable bonds is 5. The van der Waals surface area contributed by atoms with Gasteiger partial charge in [0.15, 0.2) is 0 Å². The largest absolute Gasteiger partial charge is 0.474 e. The van der Waals surface area contributed by atoms with Crippen LogP contribution in [0.1, 0.15) is 50.5 Å². The highest BCUT2D eigenvalue weighted by Crippen LogP contribution is 2.26. The molecule has 2 fully saturated rings. The Morgan fingerprint density at radius 1 is 1.25 bits per heavy atom. The third kappa shape index (κ3) is 3.30. The lowest BCUT2D eigenvalue weighted by Crippen LogP contribution is -2.33. The highest BCUT2D eigenvalue weighted by molar-refractivity contribution is 5.79. The highest BCUT2D eigenvalue weighted by Gasteiger charge is 2.24. The zero-order valence-electron chi connectivity index (χ0n) is 11.8. The van der Waals surface area contributed by atoms with E-state index in [0.717, 1.165) is 31.2 Å². The van der Waals surface area contributed by atoms with Gasteiger partial charge >= 0.3 is 0 Å². The molecule has 0 saturated heterocycles. The number of carbonyl (C=O) groups excluding carboxylic acids is 1. The van der Waals surface area contributed by atoms with Gasteiger partial charge in [0.2, 0.25) is 11.8 Å². The molecule has 1 N–H and O–H groups in total. The number of amides is 1. The molecule has 0 atom stereocenters. The highest BCUT2D eigenvalue weighted by atomic mass is 16.5. The second-order valence-electron chi connectivity index (χ2n) is 5.87. The molecule has 3 rings (SSSR count). The predicted octanol–water partition coefficient (Wildman–Crippen LogP) is 2.82. The van der Waals surface area contributed by atoms with Gasteiger partial charge in [0, 0.05) is 24.7 Å². The van der Waals surface area contributed by atoms with Crippen molar-refractivity contribution in [2.24, 2.45) is 5.92 Å². The van der Waals surface area contributed by atoms with Gasteiger partial charge in [-0.15, -0.1) is 0 Å². The Labute approximate surface area is 119 Å². The van der Waals surface area contributed by atoms with Gasteiger partial charge in [-0.05, 0) is 50.2 Å². The van der Waals surface area contributed by atoms with Crippen molar-refractivity contribution in [1.29, 1.82) is 0 Å².